The summed E-state index contributed by atoms with van der Waals surface area (Å²) < 4.78 is 29.1. The Kier molecular flexibility index (Phi) is 5.11. The summed E-state index contributed by atoms with van der Waals surface area (Å²) in [6.45, 7) is -2.89. The van der Waals surface area contributed by atoms with E-state index >= 15 is 0 Å². The number of fused-ring (bicyclic) bond motifs is 1. The van der Waals surface area contributed by atoms with E-state index in [0.29, 0.717) is 12.8 Å². The summed E-state index contributed by atoms with van der Waals surface area (Å²) in [6.07, 6.45) is 3.43. The van der Waals surface area contributed by atoms with E-state index in [0.717, 1.165) is 17.5 Å². The second kappa shape index (κ2) is 7.47. The normalized spacial score (nSPS) is 16.0. The molecular formula is C18H16F2N2O4. The Hall–Kier alpha value is -3.03. The van der Waals surface area contributed by atoms with Crippen LogP contribution in [0.4, 0.5) is 8.78 Å². The van der Waals surface area contributed by atoms with Crippen molar-refractivity contribution in [3.63, 3.8) is 0 Å². The molecule has 136 valence electrons. The maximum absolute atomic E-state index is 12.4. The fourth-order valence-corrected chi connectivity index (χ4v) is 3.04. The number of aromatic nitrogens is 1. The molecule has 0 bridgehead atoms. The quantitative estimate of drug-likeness (QED) is 0.853. The number of carbonyl (C=O) groups excluding carboxylic acids is 1. The van der Waals surface area contributed by atoms with Gasteiger partial charge in [0.1, 0.15) is 11.4 Å². The van der Waals surface area contributed by atoms with Crippen LogP contribution < -0.4 is 10.1 Å². The Morgan fingerprint density at radius 3 is 2.81 bits per heavy atom. The Bertz CT molecular complexity index is 842. The highest BCUT2D eigenvalue weighted by molar-refractivity contribution is 5.96. The van der Waals surface area contributed by atoms with Crippen molar-refractivity contribution in [1.29, 1.82) is 0 Å². The van der Waals surface area contributed by atoms with Crippen LogP contribution in [0, 0.1) is 0 Å². The predicted octanol–water partition coefficient (Wildman–Crippen LogP) is 3.19. The van der Waals surface area contributed by atoms with Crippen molar-refractivity contribution in [1.82, 2.24) is 10.3 Å². The predicted molar refractivity (Wildman–Crippen MR) is 87.4 cm³/mol. The average molecular weight is 362 g/mol. The van der Waals surface area contributed by atoms with Crippen molar-refractivity contribution in [3.05, 3.63) is 58.9 Å². The van der Waals surface area contributed by atoms with Crippen molar-refractivity contribution < 1.29 is 28.2 Å². The largest absolute Gasteiger partial charge is 0.478 e. The number of alkyl halides is 2. The zero-order chi connectivity index (χ0) is 18.7. The molecule has 6 nitrogen and oxygen atoms in total. The first-order valence-corrected chi connectivity index (χ1v) is 8.02. The first-order chi connectivity index (χ1) is 12.4. The number of ether oxygens (including phenoxy) is 1. The third kappa shape index (κ3) is 3.96. The third-order valence-electron chi connectivity index (χ3n) is 4.20. The minimum absolute atomic E-state index is 0.00896. The molecule has 1 heterocycles. The Morgan fingerprint density at radius 1 is 1.27 bits per heavy atom. The summed E-state index contributed by atoms with van der Waals surface area (Å²) in [5.41, 5.74) is 1.66. The SMILES string of the molecule is O=C(O)c1ccnc(C(=O)NC2CCCc3cc(OC(F)F)ccc32)c1. The number of hydrogen-bond donors (Lipinski definition) is 2. The summed E-state index contributed by atoms with van der Waals surface area (Å²) >= 11 is 0. The van der Waals surface area contributed by atoms with Crippen LogP contribution >= 0.6 is 0 Å². The molecule has 0 fully saturated rings. The van der Waals surface area contributed by atoms with Crippen molar-refractivity contribution in [2.24, 2.45) is 0 Å². The smallest absolute Gasteiger partial charge is 0.387 e. The summed E-state index contributed by atoms with van der Waals surface area (Å²) in [7, 11) is 0. The van der Waals surface area contributed by atoms with Crippen LogP contribution in [-0.2, 0) is 6.42 Å². The van der Waals surface area contributed by atoms with Gasteiger partial charge in [-0.2, -0.15) is 8.78 Å². The van der Waals surface area contributed by atoms with Crippen LogP contribution in [0.25, 0.3) is 0 Å². The molecule has 1 amide bonds. The van der Waals surface area contributed by atoms with Gasteiger partial charge in [-0.25, -0.2) is 4.79 Å². The highest BCUT2D eigenvalue weighted by atomic mass is 19.3. The van der Waals surface area contributed by atoms with Crippen LogP contribution in [0.5, 0.6) is 5.75 Å². The molecule has 0 radical (unpaired) electrons. The van der Waals surface area contributed by atoms with Gasteiger partial charge in [0.15, 0.2) is 0 Å². The van der Waals surface area contributed by atoms with Gasteiger partial charge in [0.2, 0.25) is 0 Å². The van der Waals surface area contributed by atoms with Gasteiger partial charge in [-0.05, 0) is 54.7 Å². The summed E-state index contributed by atoms with van der Waals surface area (Å²) in [5.74, 6) is -1.54. The lowest BCUT2D eigenvalue weighted by Crippen LogP contribution is -2.31. The molecule has 1 atom stereocenters. The van der Waals surface area contributed by atoms with Gasteiger partial charge >= 0.3 is 12.6 Å². The molecule has 8 heteroatoms. The molecule has 26 heavy (non-hydrogen) atoms. The zero-order valence-electron chi connectivity index (χ0n) is 13.6. The number of nitrogens with zero attached hydrogens (tertiary/aromatic N) is 1. The lowest BCUT2D eigenvalue weighted by Gasteiger charge is -2.26. The van der Waals surface area contributed by atoms with Gasteiger partial charge in [-0.1, -0.05) is 6.07 Å². The molecule has 3 rings (SSSR count). The van der Waals surface area contributed by atoms with Gasteiger partial charge in [0.25, 0.3) is 5.91 Å². The summed E-state index contributed by atoms with van der Waals surface area (Å²) in [4.78, 5) is 27.3. The minimum atomic E-state index is -2.89. The molecule has 1 aliphatic rings. The molecule has 0 spiro atoms. The highest BCUT2D eigenvalue weighted by Gasteiger charge is 2.24. The van der Waals surface area contributed by atoms with Gasteiger partial charge in [0, 0.05) is 6.20 Å². The van der Waals surface area contributed by atoms with Gasteiger partial charge in [-0.15, -0.1) is 0 Å². The standard InChI is InChI=1S/C18H16F2N2O4/c19-18(20)26-12-4-5-13-10(8-12)2-1-3-14(13)22-16(23)15-9-11(17(24)25)6-7-21-15/h4-9,14,18H,1-3H2,(H,22,23)(H,24,25). The van der Waals surface area contributed by atoms with Crippen LogP contribution in [0.1, 0.15) is 50.9 Å². The number of hydrogen-bond acceptors (Lipinski definition) is 4. The molecule has 1 aromatic heterocycles. The Labute approximate surface area is 147 Å². The van der Waals surface area contributed by atoms with E-state index < -0.39 is 18.5 Å². The molecule has 0 saturated heterocycles. The lowest BCUT2D eigenvalue weighted by atomic mass is 9.87. The number of nitrogens with one attached hydrogen (secondary N) is 1. The van der Waals surface area contributed by atoms with Crippen molar-refractivity contribution in [2.45, 2.75) is 31.9 Å². The van der Waals surface area contributed by atoms with Crippen LogP contribution in [0.2, 0.25) is 0 Å². The number of pyridine rings is 1. The molecule has 2 aromatic rings. The van der Waals surface area contributed by atoms with E-state index in [1.54, 1.807) is 12.1 Å². The number of aryl methyl sites for hydroxylation is 1. The number of carboxylic acid groups (broad SMARTS) is 1. The fraction of sp³-hybridized carbons (Fsp3) is 0.278. The lowest BCUT2D eigenvalue weighted by molar-refractivity contribution is -0.0499. The van der Waals surface area contributed by atoms with Crippen molar-refractivity contribution >= 4 is 11.9 Å². The fourth-order valence-electron chi connectivity index (χ4n) is 3.04. The number of amides is 1. The van der Waals surface area contributed by atoms with Crippen molar-refractivity contribution in [3.8, 4) is 5.75 Å². The average Bonchev–Trinajstić information content (AvgIpc) is 2.61. The van der Waals surface area contributed by atoms with Crippen LogP contribution in [0.15, 0.2) is 36.5 Å². The van der Waals surface area contributed by atoms with E-state index in [4.69, 9.17) is 5.11 Å². The number of carbonyl (C=O) groups is 2. The topological polar surface area (TPSA) is 88.5 Å². The third-order valence-corrected chi connectivity index (χ3v) is 4.20. The van der Waals surface area contributed by atoms with Gasteiger partial charge in [0.05, 0.1) is 11.6 Å². The molecular weight excluding hydrogens is 346 g/mol. The molecule has 0 aliphatic heterocycles. The van der Waals surface area contributed by atoms with E-state index in [-0.39, 0.29) is 23.0 Å². The van der Waals surface area contributed by atoms with E-state index in [1.807, 2.05) is 0 Å². The Balaban J connectivity index is 1.78. The molecule has 1 aromatic carbocycles. The minimum Gasteiger partial charge on any atom is -0.478 e. The Morgan fingerprint density at radius 2 is 2.08 bits per heavy atom. The van der Waals surface area contributed by atoms with E-state index in [9.17, 15) is 18.4 Å². The number of aromatic carboxylic acids is 1. The molecule has 2 N–H and O–H groups in total. The van der Waals surface area contributed by atoms with E-state index in [2.05, 4.69) is 15.0 Å². The summed E-state index contributed by atoms with van der Waals surface area (Å²) in [5, 5.41) is 11.8. The molecule has 1 aliphatic carbocycles. The second-order valence-corrected chi connectivity index (χ2v) is 5.89. The van der Waals surface area contributed by atoms with Crippen LogP contribution in [-0.4, -0.2) is 28.6 Å². The maximum atomic E-state index is 12.4. The maximum Gasteiger partial charge on any atom is 0.387 e. The number of benzene rings is 1. The highest BCUT2D eigenvalue weighted by Crippen LogP contribution is 2.32. The summed E-state index contributed by atoms with van der Waals surface area (Å²) in [6, 6.07) is 6.88. The first-order valence-electron chi connectivity index (χ1n) is 8.02. The second-order valence-electron chi connectivity index (χ2n) is 5.89. The monoisotopic (exact) mass is 362 g/mol. The van der Waals surface area contributed by atoms with Crippen LogP contribution in [0.3, 0.4) is 0 Å². The number of carboxylic acids is 1. The number of rotatable bonds is 5. The van der Waals surface area contributed by atoms with Crippen molar-refractivity contribution in [2.75, 3.05) is 0 Å². The number of halogens is 2. The zero-order valence-corrected chi connectivity index (χ0v) is 13.6. The van der Waals surface area contributed by atoms with Gasteiger partial charge < -0.3 is 15.2 Å². The molecule has 1 unspecified atom stereocenters. The molecule has 0 saturated carbocycles. The van der Waals surface area contributed by atoms with E-state index in [1.165, 1.54) is 24.4 Å². The first kappa shape index (κ1) is 17.8. The van der Waals surface area contributed by atoms with Gasteiger partial charge in [-0.3, -0.25) is 9.78 Å².